The van der Waals surface area contributed by atoms with Gasteiger partial charge < -0.3 is 20.5 Å². The van der Waals surface area contributed by atoms with Gasteiger partial charge in [0, 0.05) is 24.1 Å². The van der Waals surface area contributed by atoms with E-state index in [2.05, 4.69) is 10.6 Å². The summed E-state index contributed by atoms with van der Waals surface area (Å²) in [4.78, 5) is 21.9. The van der Waals surface area contributed by atoms with Crippen LogP contribution in [0, 0.1) is 0 Å². The second-order valence-electron chi connectivity index (χ2n) is 3.58. The summed E-state index contributed by atoms with van der Waals surface area (Å²) in [5, 5.41) is 13.8. The molecule has 0 radical (unpaired) electrons. The summed E-state index contributed by atoms with van der Waals surface area (Å²) < 4.78 is 5.01. The van der Waals surface area contributed by atoms with Crippen LogP contribution in [0.15, 0.2) is 24.3 Å². The van der Waals surface area contributed by atoms with Crippen molar-refractivity contribution in [3.8, 4) is 5.75 Å². The fourth-order valence-corrected chi connectivity index (χ4v) is 1.56. The molecule has 0 spiro atoms. The van der Waals surface area contributed by atoms with Crippen molar-refractivity contribution in [1.29, 1.82) is 0 Å². The van der Waals surface area contributed by atoms with Crippen LogP contribution in [0.2, 0.25) is 0 Å². The number of amides is 2. The van der Waals surface area contributed by atoms with Gasteiger partial charge in [0.25, 0.3) is 0 Å². The maximum Gasteiger partial charge on any atom is 0.341 e. The van der Waals surface area contributed by atoms with Crippen LogP contribution in [0.1, 0.15) is 0 Å². The molecule has 104 valence electrons. The van der Waals surface area contributed by atoms with Gasteiger partial charge in [0.15, 0.2) is 6.61 Å². The zero-order chi connectivity index (χ0) is 14.1. The van der Waals surface area contributed by atoms with Gasteiger partial charge in [0.2, 0.25) is 0 Å². The lowest BCUT2D eigenvalue weighted by molar-refractivity contribution is -0.139. The van der Waals surface area contributed by atoms with Crippen molar-refractivity contribution in [1.82, 2.24) is 5.32 Å². The first kappa shape index (κ1) is 15.2. The molecule has 0 aromatic heterocycles. The van der Waals surface area contributed by atoms with E-state index in [1.807, 2.05) is 6.26 Å². The third-order valence-electron chi connectivity index (χ3n) is 2.05. The van der Waals surface area contributed by atoms with Gasteiger partial charge in [-0.2, -0.15) is 11.8 Å². The van der Waals surface area contributed by atoms with Crippen molar-refractivity contribution < 1.29 is 19.4 Å². The molecule has 3 N–H and O–H groups in total. The largest absolute Gasteiger partial charge is 0.482 e. The fourth-order valence-electron chi connectivity index (χ4n) is 1.25. The van der Waals surface area contributed by atoms with E-state index < -0.39 is 12.6 Å². The zero-order valence-electron chi connectivity index (χ0n) is 10.5. The molecule has 0 unspecified atom stereocenters. The third kappa shape index (κ3) is 6.56. The molecule has 0 saturated carbocycles. The molecule has 0 heterocycles. The van der Waals surface area contributed by atoms with Crippen molar-refractivity contribution in [2.45, 2.75) is 0 Å². The Morgan fingerprint density at radius 2 is 2.21 bits per heavy atom. The van der Waals surface area contributed by atoms with E-state index in [-0.39, 0.29) is 6.03 Å². The second-order valence-corrected chi connectivity index (χ2v) is 4.57. The minimum atomic E-state index is -1.05. The number of carboxylic acids is 1. The van der Waals surface area contributed by atoms with Crippen molar-refractivity contribution in [2.75, 3.05) is 30.5 Å². The van der Waals surface area contributed by atoms with Crippen LogP contribution in [-0.4, -0.2) is 42.3 Å². The summed E-state index contributed by atoms with van der Waals surface area (Å²) in [5.74, 6) is 0.187. The number of aliphatic carboxylic acids is 1. The Labute approximate surface area is 115 Å². The van der Waals surface area contributed by atoms with E-state index in [4.69, 9.17) is 9.84 Å². The molecule has 0 atom stereocenters. The molecule has 1 aromatic carbocycles. The SMILES string of the molecule is CSCCNC(=O)Nc1cccc(OCC(=O)O)c1. The van der Waals surface area contributed by atoms with Crippen molar-refractivity contribution in [2.24, 2.45) is 0 Å². The number of anilines is 1. The molecule has 0 fully saturated rings. The first-order valence-corrected chi connectivity index (χ1v) is 6.99. The number of hydrogen-bond acceptors (Lipinski definition) is 4. The molecule has 0 aliphatic rings. The Morgan fingerprint density at radius 1 is 1.42 bits per heavy atom. The molecule has 19 heavy (non-hydrogen) atoms. The summed E-state index contributed by atoms with van der Waals surface area (Å²) in [6.45, 7) is 0.172. The summed E-state index contributed by atoms with van der Waals surface area (Å²) in [6, 6.07) is 6.26. The smallest absolute Gasteiger partial charge is 0.341 e. The van der Waals surface area contributed by atoms with Crippen LogP contribution in [0.5, 0.6) is 5.75 Å². The average Bonchev–Trinajstić information content (AvgIpc) is 2.37. The molecule has 2 amide bonds. The van der Waals surface area contributed by atoms with Gasteiger partial charge >= 0.3 is 12.0 Å². The molecule has 0 aliphatic heterocycles. The van der Waals surface area contributed by atoms with Gasteiger partial charge in [-0.3, -0.25) is 0 Å². The Bertz CT molecular complexity index is 439. The lowest BCUT2D eigenvalue weighted by atomic mass is 10.3. The van der Waals surface area contributed by atoms with E-state index in [0.29, 0.717) is 18.0 Å². The molecule has 6 nitrogen and oxygen atoms in total. The average molecular weight is 284 g/mol. The summed E-state index contributed by atoms with van der Waals surface area (Å²) in [7, 11) is 0. The Hall–Kier alpha value is -1.89. The van der Waals surface area contributed by atoms with Gasteiger partial charge in [-0.25, -0.2) is 9.59 Å². The maximum absolute atomic E-state index is 11.5. The molecule has 1 aromatic rings. The number of carbonyl (C=O) groups is 2. The first-order chi connectivity index (χ1) is 9.11. The fraction of sp³-hybridized carbons (Fsp3) is 0.333. The number of benzene rings is 1. The normalized spacial score (nSPS) is 9.74. The van der Waals surface area contributed by atoms with Crippen LogP contribution in [0.3, 0.4) is 0 Å². The highest BCUT2D eigenvalue weighted by atomic mass is 32.2. The summed E-state index contributed by atoms with van der Waals surface area (Å²) in [6.07, 6.45) is 1.96. The van der Waals surface area contributed by atoms with E-state index in [0.717, 1.165) is 5.75 Å². The highest BCUT2D eigenvalue weighted by Gasteiger charge is 2.03. The van der Waals surface area contributed by atoms with Crippen LogP contribution in [-0.2, 0) is 4.79 Å². The highest BCUT2D eigenvalue weighted by Crippen LogP contribution is 2.17. The number of ether oxygens (including phenoxy) is 1. The van der Waals surface area contributed by atoms with Gasteiger partial charge in [0.1, 0.15) is 5.75 Å². The van der Waals surface area contributed by atoms with Gasteiger partial charge in [0.05, 0.1) is 0 Å². The van der Waals surface area contributed by atoms with Crippen molar-refractivity contribution in [3.63, 3.8) is 0 Å². The Balaban J connectivity index is 2.47. The number of thioether (sulfide) groups is 1. The number of rotatable bonds is 7. The molecular weight excluding hydrogens is 268 g/mol. The van der Waals surface area contributed by atoms with E-state index in [9.17, 15) is 9.59 Å². The number of hydrogen-bond donors (Lipinski definition) is 3. The highest BCUT2D eigenvalue weighted by molar-refractivity contribution is 7.98. The molecule has 1 rings (SSSR count). The minimum Gasteiger partial charge on any atom is -0.482 e. The number of carbonyl (C=O) groups excluding carboxylic acids is 1. The summed E-state index contributed by atoms with van der Waals surface area (Å²) >= 11 is 1.64. The second kappa shape index (κ2) is 8.25. The number of carboxylic acid groups (broad SMARTS) is 1. The lowest BCUT2D eigenvalue weighted by Crippen LogP contribution is -2.30. The predicted octanol–water partition coefficient (Wildman–Crippen LogP) is 1.63. The summed E-state index contributed by atoms with van der Waals surface area (Å²) in [5.41, 5.74) is 0.546. The minimum absolute atomic E-state index is 0.301. The van der Waals surface area contributed by atoms with Gasteiger partial charge in [-0.15, -0.1) is 0 Å². The maximum atomic E-state index is 11.5. The quantitative estimate of drug-likeness (QED) is 0.662. The van der Waals surface area contributed by atoms with Crippen molar-refractivity contribution in [3.05, 3.63) is 24.3 Å². The van der Waals surface area contributed by atoms with E-state index >= 15 is 0 Å². The van der Waals surface area contributed by atoms with E-state index in [1.54, 1.807) is 36.0 Å². The molecule has 0 aliphatic carbocycles. The lowest BCUT2D eigenvalue weighted by Gasteiger charge is -2.09. The monoisotopic (exact) mass is 284 g/mol. The van der Waals surface area contributed by atoms with Gasteiger partial charge in [-0.05, 0) is 18.4 Å². The Kier molecular flexibility index (Phi) is 6.59. The zero-order valence-corrected chi connectivity index (χ0v) is 11.3. The molecular formula is C12H16N2O4S. The van der Waals surface area contributed by atoms with Crippen LogP contribution >= 0.6 is 11.8 Å². The third-order valence-corrected chi connectivity index (χ3v) is 2.66. The van der Waals surface area contributed by atoms with Crippen molar-refractivity contribution >= 4 is 29.4 Å². The van der Waals surface area contributed by atoms with Crippen LogP contribution in [0.25, 0.3) is 0 Å². The topological polar surface area (TPSA) is 87.7 Å². The number of urea groups is 1. The molecule has 7 heteroatoms. The first-order valence-electron chi connectivity index (χ1n) is 5.60. The van der Waals surface area contributed by atoms with Crippen LogP contribution in [0.4, 0.5) is 10.5 Å². The van der Waals surface area contributed by atoms with Gasteiger partial charge in [-0.1, -0.05) is 6.07 Å². The molecule has 0 bridgehead atoms. The van der Waals surface area contributed by atoms with E-state index in [1.165, 1.54) is 0 Å². The molecule has 0 saturated heterocycles. The van der Waals surface area contributed by atoms with Crippen LogP contribution < -0.4 is 15.4 Å². The Morgan fingerprint density at radius 3 is 2.89 bits per heavy atom. The predicted molar refractivity (Wildman–Crippen MR) is 75.0 cm³/mol. The standard InChI is InChI=1S/C12H16N2O4S/c1-19-6-5-13-12(17)14-9-3-2-4-10(7-9)18-8-11(15)16/h2-4,7H,5-6,8H2,1H3,(H,15,16)(H2,13,14,17). The number of nitrogens with one attached hydrogen (secondary N) is 2.